The molecule has 0 amide bonds. The zero-order valence-electron chi connectivity index (χ0n) is 9.63. The average molecular weight is 271 g/mol. The standard InChI is InChI=1S/C12H19BrN2/c1-12(2,3)9(7-14)6-11-5-4-10(13)8-15-11/h4-5,8-9H,6-7,14H2,1-3H3. The largest absolute Gasteiger partial charge is 0.330 e. The van der Waals surface area contributed by atoms with Gasteiger partial charge in [-0.05, 0) is 52.4 Å². The molecule has 1 heterocycles. The summed E-state index contributed by atoms with van der Waals surface area (Å²) < 4.78 is 1.02. The maximum atomic E-state index is 5.80. The van der Waals surface area contributed by atoms with Crippen molar-refractivity contribution in [1.82, 2.24) is 4.98 Å². The molecule has 84 valence electrons. The van der Waals surface area contributed by atoms with Crippen LogP contribution in [0.15, 0.2) is 22.8 Å². The van der Waals surface area contributed by atoms with Crippen LogP contribution in [0.25, 0.3) is 0 Å². The predicted octanol–water partition coefficient (Wildman–Crippen LogP) is 3.01. The van der Waals surface area contributed by atoms with Crippen molar-refractivity contribution >= 4 is 15.9 Å². The fourth-order valence-electron chi connectivity index (χ4n) is 1.52. The molecule has 0 saturated heterocycles. The van der Waals surface area contributed by atoms with Crippen LogP contribution in [-0.4, -0.2) is 11.5 Å². The van der Waals surface area contributed by atoms with Crippen LogP contribution in [0.5, 0.6) is 0 Å². The maximum absolute atomic E-state index is 5.80. The molecule has 1 rings (SSSR count). The molecule has 0 saturated carbocycles. The highest BCUT2D eigenvalue weighted by atomic mass is 79.9. The molecule has 0 aromatic carbocycles. The van der Waals surface area contributed by atoms with Crippen molar-refractivity contribution in [2.24, 2.45) is 17.1 Å². The molecular formula is C12H19BrN2. The second-order valence-corrected chi connectivity index (χ2v) is 5.89. The normalized spacial score (nSPS) is 13.9. The van der Waals surface area contributed by atoms with Crippen LogP contribution in [0.4, 0.5) is 0 Å². The summed E-state index contributed by atoms with van der Waals surface area (Å²) in [4.78, 5) is 4.38. The maximum Gasteiger partial charge on any atom is 0.0413 e. The molecule has 3 heteroatoms. The summed E-state index contributed by atoms with van der Waals surface area (Å²) in [7, 11) is 0. The molecule has 0 aliphatic heterocycles. The van der Waals surface area contributed by atoms with E-state index < -0.39 is 0 Å². The van der Waals surface area contributed by atoms with E-state index in [0.717, 1.165) is 16.6 Å². The van der Waals surface area contributed by atoms with Crippen molar-refractivity contribution in [3.63, 3.8) is 0 Å². The van der Waals surface area contributed by atoms with E-state index in [2.05, 4.69) is 47.8 Å². The number of nitrogens with two attached hydrogens (primary N) is 1. The lowest BCUT2D eigenvalue weighted by Gasteiger charge is -2.29. The van der Waals surface area contributed by atoms with E-state index in [4.69, 9.17) is 5.73 Å². The Morgan fingerprint density at radius 2 is 2.07 bits per heavy atom. The average Bonchev–Trinajstić information content (AvgIpc) is 2.15. The van der Waals surface area contributed by atoms with Crippen LogP contribution in [0, 0.1) is 11.3 Å². The van der Waals surface area contributed by atoms with E-state index >= 15 is 0 Å². The van der Waals surface area contributed by atoms with Crippen molar-refractivity contribution in [1.29, 1.82) is 0 Å². The summed E-state index contributed by atoms with van der Waals surface area (Å²) in [6.07, 6.45) is 2.79. The van der Waals surface area contributed by atoms with Crippen molar-refractivity contribution in [2.75, 3.05) is 6.54 Å². The number of rotatable bonds is 3. The minimum atomic E-state index is 0.240. The molecule has 15 heavy (non-hydrogen) atoms. The van der Waals surface area contributed by atoms with Gasteiger partial charge in [-0.3, -0.25) is 4.98 Å². The zero-order chi connectivity index (χ0) is 11.5. The number of pyridine rings is 1. The van der Waals surface area contributed by atoms with Crippen molar-refractivity contribution < 1.29 is 0 Å². The highest BCUT2D eigenvalue weighted by molar-refractivity contribution is 9.10. The van der Waals surface area contributed by atoms with Gasteiger partial charge in [0.25, 0.3) is 0 Å². The molecule has 1 atom stereocenters. The highest BCUT2D eigenvalue weighted by Crippen LogP contribution is 2.27. The van der Waals surface area contributed by atoms with E-state index in [9.17, 15) is 0 Å². The number of halogens is 1. The fraction of sp³-hybridized carbons (Fsp3) is 0.583. The first-order chi connectivity index (χ1) is 6.93. The van der Waals surface area contributed by atoms with Crippen LogP contribution in [-0.2, 0) is 6.42 Å². The molecule has 0 fully saturated rings. The van der Waals surface area contributed by atoms with Crippen LogP contribution in [0.2, 0.25) is 0 Å². The number of aromatic nitrogens is 1. The fourth-order valence-corrected chi connectivity index (χ4v) is 1.76. The molecule has 2 N–H and O–H groups in total. The monoisotopic (exact) mass is 270 g/mol. The zero-order valence-corrected chi connectivity index (χ0v) is 11.2. The molecule has 0 radical (unpaired) electrons. The smallest absolute Gasteiger partial charge is 0.0413 e. The summed E-state index contributed by atoms with van der Waals surface area (Å²) in [6, 6.07) is 4.08. The van der Waals surface area contributed by atoms with Crippen molar-refractivity contribution in [2.45, 2.75) is 27.2 Å². The van der Waals surface area contributed by atoms with E-state index in [0.29, 0.717) is 12.5 Å². The van der Waals surface area contributed by atoms with E-state index in [1.807, 2.05) is 12.3 Å². The van der Waals surface area contributed by atoms with E-state index in [1.165, 1.54) is 0 Å². The van der Waals surface area contributed by atoms with Gasteiger partial charge in [0.15, 0.2) is 0 Å². The number of nitrogens with zero attached hydrogens (tertiary/aromatic N) is 1. The number of hydrogen-bond acceptors (Lipinski definition) is 2. The SMILES string of the molecule is CC(C)(C)C(CN)Cc1ccc(Br)cn1. The Labute approximate surface area is 100 Å². The summed E-state index contributed by atoms with van der Waals surface area (Å²) in [5.74, 6) is 0.478. The van der Waals surface area contributed by atoms with Gasteiger partial charge in [-0.1, -0.05) is 20.8 Å². The van der Waals surface area contributed by atoms with Crippen LogP contribution in [0.3, 0.4) is 0 Å². The molecule has 1 unspecified atom stereocenters. The summed E-state index contributed by atoms with van der Waals surface area (Å²) in [5.41, 5.74) is 7.15. The minimum absolute atomic E-state index is 0.240. The van der Waals surface area contributed by atoms with Crippen LogP contribution in [0.1, 0.15) is 26.5 Å². The first kappa shape index (κ1) is 12.7. The summed E-state index contributed by atoms with van der Waals surface area (Å²) in [5, 5.41) is 0. The molecular weight excluding hydrogens is 252 g/mol. The quantitative estimate of drug-likeness (QED) is 0.917. The minimum Gasteiger partial charge on any atom is -0.330 e. The Bertz CT molecular complexity index is 300. The lowest BCUT2D eigenvalue weighted by molar-refractivity contribution is 0.244. The predicted molar refractivity (Wildman–Crippen MR) is 67.6 cm³/mol. The summed E-state index contributed by atoms with van der Waals surface area (Å²) >= 11 is 3.38. The van der Waals surface area contributed by atoms with Gasteiger partial charge in [0, 0.05) is 16.4 Å². The van der Waals surface area contributed by atoms with Crippen LogP contribution < -0.4 is 5.73 Å². The molecule has 0 aliphatic rings. The molecule has 1 aromatic heterocycles. The van der Waals surface area contributed by atoms with Gasteiger partial charge < -0.3 is 5.73 Å². The van der Waals surface area contributed by atoms with Gasteiger partial charge in [-0.15, -0.1) is 0 Å². The van der Waals surface area contributed by atoms with E-state index in [-0.39, 0.29) is 5.41 Å². The van der Waals surface area contributed by atoms with Crippen molar-refractivity contribution in [3.8, 4) is 0 Å². The molecule has 1 aromatic rings. The second-order valence-electron chi connectivity index (χ2n) is 4.97. The Morgan fingerprint density at radius 3 is 2.47 bits per heavy atom. The lowest BCUT2D eigenvalue weighted by Crippen LogP contribution is -2.30. The van der Waals surface area contributed by atoms with E-state index in [1.54, 1.807) is 0 Å². The number of hydrogen-bond donors (Lipinski definition) is 1. The Hall–Kier alpha value is -0.410. The lowest BCUT2D eigenvalue weighted by atomic mass is 9.78. The third kappa shape index (κ3) is 3.92. The van der Waals surface area contributed by atoms with Gasteiger partial charge in [0.2, 0.25) is 0 Å². The molecule has 0 aliphatic carbocycles. The first-order valence-corrected chi connectivity index (χ1v) is 6.03. The summed E-state index contributed by atoms with van der Waals surface area (Å²) in [6.45, 7) is 7.39. The Kier molecular flexibility index (Phi) is 4.29. The first-order valence-electron chi connectivity index (χ1n) is 5.24. The van der Waals surface area contributed by atoms with Gasteiger partial charge >= 0.3 is 0 Å². The third-order valence-electron chi connectivity index (χ3n) is 2.75. The van der Waals surface area contributed by atoms with Crippen molar-refractivity contribution in [3.05, 3.63) is 28.5 Å². The van der Waals surface area contributed by atoms with Gasteiger partial charge in [0.1, 0.15) is 0 Å². The van der Waals surface area contributed by atoms with Crippen LogP contribution >= 0.6 is 15.9 Å². The molecule has 0 bridgehead atoms. The topological polar surface area (TPSA) is 38.9 Å². The molecule has 2 nitrogen and oxygen atoms in total. The van der Waals surface area contributed by atoms with Gasteiger partial charge in [-0.25, -0.2) is 0 Å². The van der Waals surface area contributed by atoms with Gasteiger partial charge in [0.05, 0.1) is 0 Å². The highest BCUT2D eigenvalue weighted by Gasteiger charge is 2.23. The second kappa shape index (κ2) is 5.08. The Morgan fingerprint density at radius 1 is 1.40 bits per heavy atom. The van der Waals surface area contributed by atoms with Gasteiger partial charge in [-0.2, -0.15) is 0 Å². The third-order valence-corrected chi connectivity index (χ3v) is 3.22. The Balaban J connectivity index is 2.71. The molecule has 0 spiro atoms.